The summed E-state index contributed by atoms with van der Waals surface area (Å²) in [6.45, 7) is 0. The monoisotopic (exact) mass is 400 g/mol. The third-order valence-electron chi connectivity index (χ3n) is 5.24. The molecule has 0 saturated carbocycles. The molecule has 0 spiro atoms. The summed E-state index contributed by atoms with van der Waals surface area (Å²) in [5.41, 5.74) is 3.11. The van der Waals surface area contributed by atoms with E-state index < -0.39 is 11.5 Å². The van der Waals surface area contributed by atoms with Crippen molar-refractivity contribution in [2.24, 2.45) is 0 Å². The van der Waals surface area contributed by atoms with Crippen molar-refractivity contribution in [1.29, 1.82) is 0 Å². The van der Waals surface area contributed by atoms with Crippen molar-refractivity contribution in [3.8, 4) is 0 Å². The second kappa shape index (κ2) is 6.83. The van der Waals surface area contributed by atoms with Gasteiger partial charge in [0.05, 0.1) is 0 Å². The van der Waals surface area contributed by atoms with Crippen LogP contribution >= 0.6 is 12.2 Å². The van der Waals surface area contributed by atoms with Gasteiger partial charge in [-0.25, -0.2) is 4.79 Å². The zero-order valence-electron chi connectivity index (χ0n) is 15.3. The van der Waals surface area contributed by atoms with Gasteiger partial charge in [0.15, 0.2) is 5.11 Å². The molecule has 1 aliphatic rings. The van der Waals surface area contributed by atoms with E-state index in [1.807, 2.05) is 24.3 Å². The predicted octanol–water partition coefficient (Wildman–Crippen LogP) is 4.17. The second-order valence-corrected chi connectivity index (χ2v) is 7.41. The Morgan fingerprint density at radius 1 is 0.966 bits per heavy atom. The van der Waals surface area contributed by atoms with Crippen molar-refractivity contribution in [2.75, 3.05) is 5.32 Å². The summed E-state index contributed by atoms with van der Waals surface area (Å²) in [6, 6.07) is 18.8. The zero-order valence-corrected chi connectivity index (χ0v) is 16.1. The molecule has 5 nitrogen and oxygen atoms in total. The first kappa shape index (κ1) is 17.6. The average Bonchev–Trinajstić information content (AvgIpc) is 3.14. The van der Waals surface area contributed by atoms with Gasteiger partial charge in [0, 0.05) is 16.5 Å². The summed E-state index contributed by atoms with van der Waals surface area (Å²) in [5, 5.41) is 8.79. The van der Waals surface area contributed by atoms with Crippen LogP contribution in [-0.4, -0.2) is 11.0 Å². The Kier molecular flexibility index (Phi) is 4.14. The molecule has 29 heavy (non-hydrogen) atoms. The third kappa shape index (κ3) is 3.07. The van der Waals surface area contributed by atoms with E-state index in [9.17, 15) is 9.59 Å². The summed E-state index contributed by atoms with van der Waals surface area (Å²) >= 11 is 5.32. The molecule has 0 unspecified atom stereocenters. The van der Waals surface area contributed by atoms with E-state index in [0.29, 0.717) is 11.0 Å². The molecule has 2 N–H and O–H groups in total. The van der Waals surface area contributed by atoms with Crippen molar-refractivity contribution in [1.82, 2.24) is 5.32 Å². The lowest BCUT2D eigenvalue weighted by atomic mass is 10.0. The van der Waals surface area contributed by atoms with Gasteiger partial charge in [0.2, 0.25) is 0 Å². The molecule has 3 aromatic carbocycles. The third-order valence-corrected chi connectivity index (χ3v) is 5.44. The van der Waals surface area contributed by atoms with Crippen LogP contribution in [0, 0.1) is 0 Å². The molecule has 4 aromatic rings. The normalized spacial score (nSPS) is 12.3. The number of hydrogen-bond donors (Lipinski definition) is 2. The summed E-state index contributed by atoms with van der Waals surface area (Å²) in [7, 11) is 0. The van der Waals surface area contributed by atoms with Crippen molar-refractivity contribution in [3.63, 3.8) is 0 Å². The molecule has 0 atom stereocenters. The van der Waals surface area contributed by atoms with Crippen LogP contribution in [0.3, 0.4) is 0 Å². The van der Waals surface area contributed by atoms with E-state index in [1.165, 1.54) is 22.6 Å². The van der Waals surface area contributed by atoms with Gasteiger partial charge < -0.3 is 9.73 Å². The predicted molar refractivity (Wildman–Crippen MR) is 118 cm³/mol. The number of fused-ring (bicyclic) bond motifs is 1. The molecular formula is C23H16N2O3S. The van der Waals surface area contributed by atoms with Crippen molar-refractivity contribution in [2.45, 2.75) is 12.8 Å². The first-order valence-electron chi connectivity index (χ1n) is 9.29. The fourth-order valence-corrected chi connectivity index (χ4v) is 4.10. The van der Waals surface area contributed by atoms with Crippen LogP contribution in [0.5, 0.6) is 0 Å². The highest BCUT2D eigenvalue weighted by Crippen LogP contribution is 2.34. The summed E-state index contributed by atoms with van der Waals surface area (Å²) < 4.78 is 5.22. The SMILES string of the molecule is O=C(NC(=S)Nc1ccc2c3c(cccc13)CC2)c1cc2ccccc2oc1=O. The van der Waals surface area contributed by atoms with Crippen molar-refractivity contribution >= 4 is 50.7 Å². The fourth-order valence-electron chi connectivity index (χ4n) is 3.90. The van der Waals surface area contributed by atoms with Crippen LogP contribution < -0.4 is 16.3 Å². The lowest BCUT2D eigenvalue weighted by molar-refractivity contribution is 0.0974. The summed E-state index contributed by atoms with van der Waals surface area (Å²) in [6.07, 6.45) is 2.07. The number of thiocarbonyl (C=S) groups is 1. The van der Waals surface area contributed by atoms with Crippen molar-refractivity contribution in [3.05, 3.63) is 87.8 Å². The van der Waals surface area contributed by atoms with Crippen LogP contribution in [0.25, 0.3) is 21.7 Å². The van der Waals surface area contributed by atoms with E-state index in [2.05, 4.69) is 22.8 Å². The Balaban J connectivity index is 1.41. The van der Waals surface area contributed by atoms with Gasteiger partial charge >= 0.3 is 5.63 Å². The minimum atomic E-state index is -0.700. The largest absolute Gasteiger partial charge is 0.422 e. The second-order valence-electron chi connectivity index (χ2n) is 7.01. The molecule has 1 heterocycles. The number of hydrogen-bond acceptors (Lipinski definition) is 4. The number of nitrogens with one attached hydrogen (secondary N) is 2. The van der Waals surface area contributed by atoms with E-state index in [4.69, 9.17) is 16.6 Å². The van der Waals surface area contributed by atoms with Crippen LogP contribution in [-0.2, 0) is 12.8 Å². The van der Waals surface area contributed by atoms with Crippen LogP contribution in [0.2, 0.25) is 0 Å². The number of rotatable bonds is 2. The van der Waals surface area contributed by atoms with E-state index in [0.717, 1.165) is 23.9 Å². The molecule has 0 bridgehead atoms. The highest BCUT2D eigenvalue weighted by atomic mass is 32.1. The Bertz CT molecular complexity index is 1360. The first-order chi connectivity index (χ1) is 14.1. The minimum absolute atomic E-state index is 0.0896. The molecule has 1 aliphatic carbocycles. The molecule has 142 valence electrons. The van der Waals surface area contributed by atoms with Gasteiger partial charge in [-0.3, -0.25) is 10.1 Å². The maximum absolute atomic E-state index is 12.6. The molecule has 0 fully saturated rings. The number of carbonyl (C=O) groups excluding carboxylic acids is 1. The average molecular weight is 400 g/mol. The molecule has 0 radical (unpaired) electrons. The Morgan fingerprint density at radius 3 is 2.62 bits per heavy atom. The molecule has 6 heteroatoms. The van der Waals surface area contributed by atoms with Gasteiger partial charge in [0.1, 0.15) is 11.1 Å². The lowest BCUT2D eigenvalue weighted by Crippen LogP contribution is -2.36. The van der Waals surface area contributed by atoms with Crippen LogP contribution in [0.4, 0.5) is 5.69 Å². The van der Waals surface area contributed by atoms with Gasteiger partial charge in [-0.05, 0) is 59.8 Å². The maximum atomic E-state index is 12.6. The standard InChI is InChI=1S/C23H16N2O3S/c26-21(17-12-15-4-1-2-7-19(15)28-22(17)27)25-23(29)24-18-11-10-14-9-8-13-5-3-6-16(18)20(13)14/h1-7,10-12H,8-9H2,(H2,24,25,26,29). The quantitative estimate of drug-likeness (QED) is 0.390. The van der Waals surface area contributed by atoms with Gasteiger partial charge in [-0.2, -0.15) is 0 Å². The topological polar surface area (TPSA) is 71.3 Å². The van der Waals surface area contributed by atoms with Gasteiger partial charge in [-0.15, -0.1) is 0 Å². The van der Waals surface area contributed by atoms with Crippen LogP contribution in [0.1, 0.15) is 21.5 Å². The molecule has 0 saturated heterocycles. The van der Waals surface area contributed by atoms with E-state index in [-0.39, 0.29) is 10.7 Å². The number of amides is 1. The van der Waals surface area contributed by atoms with Gasteiger partial charge in [-0.1, -0.05) is 42.5 Å². The minimum Gasteiger partial charge on any atom is -0.422 e. The smallest absolute Gasteiger partial charge is 0.349 e. The van der Waals surface area contributed by atoms with E-state index >= 15 is 0 Å². The first-order valence-corrected chi connectivity index (χ1v) is 9.70. The molecule has 0 aliphatic heterocycles. The highest BCUT2D eigenvalue weighted by Gasteiger charge is 2.18. The zero-order chi connectivity index (χ0) is 20.0. The molecule has 5 rings (SSSR count). The maximum Gasteiger partial charge on any atom is 0.349 e. The number of para-hydroxylation sites is 1. The number of benzene rings is 3. The summed E-state index contributed by atoms with van der Waals surface area (Å²) in [5.74, 6) is -0.604. The number of anilines is 1. The van der Waals surface area contributed by atoms with Crippen LogP contribution in [0.15, 0.2) is 69.9 Å². The Hall–Kier alpha value is -3.51. The summed E-state index contributed by atoms with van der Waals surface area (Å²) in [4.78, 5) is 24.8. The molecule has 1 amide bonds. The van der Waals surface area contributed by atoms with Gasteiger partial charge in [0.25, 0.3) is 5.91 Å². The lowest BCUT2D eigenvalue weighted by Gasteiger charge is -2.13. The Labute approximate surface area is 171 Å². The Morgan fingerprint density at radius 2 is 1.76 bits per heavy atom. The van der Waals surface area contributed by atoms with E-state index in [1.54, 1.807) is 18.2 Å². The highest BCUT2D eigenvalue weighted by molar-refractivity contribution is 7.80. The fraction of sp³-hybridized carbons (Fsp3) is 0.0870. The molecule has 1 aromatic heterocycles. The van der Waals surface area contributed by atoms with Crippen molar-refractivity contribution < 1.29 is 9.21 Å². The number of aryl methyl sites for hydroxylation is 2. The number of carbonyl (C=O) groups is 1. The molecular weight excluding hydrogens is 384 g/mol.